The van der Waals surface area contributed by atoms with Gasteiger partial charge in [0.15, 0.2) is 0 Å². The van der Waals surface area contributed by atoms with Crippen molar-refractivity contribution in [3.05, 3.63) is 70.3 Å². The van der Waals surface area contributed by atoms with Crippen LogP contribution in [0.25, 0.3) is 27.6 Å². The number of carbonyl (C=O) groups excluding carboxylic acids is 1. The van der Waals surface area contributed by atoms with Gasteiger partial charge in [-0.05, 0) is 36.4 Å². The highest BCUT2D eigenvalue weighted by atomic mass is 79.9. The van der Waals surface area contributed by atoms with Crippen LogP contribution in [0.3, 0.4) is 0 Å². The minimum atomic E-state index is -0.315. The molecule has 0 aliphatic carbocycles. The molecule has 0 radical (unpaired) electrons. The van der Waals surface area contributed by atoms with Crippen LogP contribution in [0.15, 0.2) is 64.5 Å². The SMILES string of the molecule is CC(=O)Nc1cc(-c2ccc(F)cc2)nn1-c1nc(-c2ccc(Br)cc2)cs1. The van der Waals surface area contributed by atoms with E-state index in [1.165, 1.54) is 30.4 Å². The van der Waals surface area contributed by atoms with Gasteiger partial charge in [-0.1, -0.05) is 28.1 Å². The maximum atomic E-state index is 13.2. The maximum Gasteiger partial charge on any atom is 0.222 e. The first-order valence-electron chi connectivity index (χ1n) is 8.35. The monoisotopic (exact) mass is 456 g/mol. The summed E-state index contributed by atoms with van der Waals surface area (Å²) in [6, 6.07) is 15.7. The van der Waals surface area contributed by atoms with Crippen molar-refractivity contribution in [3.63, 3.8) is 0 Å². The summed E-state index contributed by atoms with van der Waals surface area (Å²) in [6.07, 6.45) is 0. The third-order valence-corrected chi connectivity index (χ3v) is 5.31. The number of anilines is 1. The Labute approximate surface area is 173 Å². The molecule has 0 fully saturated rings. The number of rotatable bonds is 4. The number of aromatic nitrogens is 3. The van der Waals surface area contributed by atoms with E-state index >= 15 is 0 Å². The van der Waals surface area contributed by atoms with Gasteiger partial charge in [0.2, 0.25) is 11.0 Å². The van der Waals surface area contributed by atoms with E-state index in [2.05, 4.69) is 31.3 Å². The molecule has 4 aromatic rings. The van der Waals surface area contributed by atoms with Crippen LogP contribution in [0, 0.1) is 5.82 Å². The molecule has 0 aliphatic heterocycles. The van der Waals surface area contributed by atoms with Gasteiger partial charge in [0, 0.05) is 34.0 Å². The zero-order chi connectivity index (χ0) is 19.7. The highest BCUT2D eigenvalue weighted by Crippen LogP contribution is 2.29. The highest BCUT2D eigenvalue weighted by Gasteiger charge is 2.15. The van der Waals surface area contributed by atoms with Crippen LogP contribution in [-0.4, -0.2) is 20.7 Å². The first kappa shape index (κ1) is 18.5. The first-order valence-corrected chi connectivity index (χ1v) is 10.0. The van der Waals surface area contributed by atoms with Gasteiger partial charge >= 0.3 is 0 Å². The van der Waals surface area contributed by atoms with Crippen molar-refractivity contribution in [3.8, 4) is 27.6 Å². The summed E-state index contributed by atoms with van der Waals surface area (Å²) in [5.41, 5.74) is 3.17. The van der Waals surface area contributed by atoms with Crippen LogP contribution in [0.4, 0.5) is 10.2 Å². The second-order valence-corrected chi connectivity index (χ2v) is 7.79. The van der Waals surface area contributed by atoms with Crippen molar-refractivity contribution in [2.45, 2.75) is 6.92 Å². The largest absolute Gasteiger partial charge is 0.311 e. The molecule has 0 saturated heterocycles. The molecule has 140 valence electrons. The smallest absolute Gasteiger partial charge is 0.222 e. The third-order valence-electron chi connectivity index (χ3n) is 3.97. The zero-order valence-electron chi connectivity index (χ0n) is 14.7. The van der Waals surface area contributed by atoms with Gasteiger partial charge in [0.25, 0.3) is 0 Å². The molecular weight excluding hydrogens is 443 g/mol. The van der Waals surface area contributed by atoms with Gasteiger partial charge < -0.3 is 5.32 Å². The summed E-state index contributed by atoms with van der Waals surface area (Å²) < 4.78 is 15.8. The zero-order valence-corrected chi connectivity index (χ0v) is 17.1. The van der Waals surface area contributed by atoms with E-state index in [4.69, 9.17) is 0 Å². The second-order valence-electron chi connectivity index (χ2n) is 6.04. The van der Waals surface area contributed by atoms with Crippen LogP contribution >= 0.6 is 27.3 Å². The van der Waals surface area contributed by atoms with Crippen molar-refractivity contribution >= 4 is 39.0 Å². The molecule has 0 bridgehead atoms. The Kier molecular flexibility index (Phi) is 5.06. The Bertz CT molecular complexity index is 1140. The van der Waals surface area contributed by atoms with Gasteiger partial charge in [0.05, 0.1) is 11.4 Å². The molecular formula is C20H14BrFN4OS. The molecule has 2 aromatic heterocycles. The van der Waals surface area contributed by atoms with Crippen LogP contribution in [0.1, 0.15) is 6.92 Å². The average Bonchev–Trinajstić information content (AvgIpc) is 3.30. The molecule has 28 heavy (non-hydrogen) atoms. The number of carbonyl (C=O) groups is 1. The standard InChI is InChI=1S/C20H14BrFN4OS/c1-12(27)23-19-10-17(13-4-8-16(22)9-5-13)25-26(19)20-24-18(11-28-20)14-2-6-15(21)7-3-14/h2-11H,1H3,(H,23,27). The fraction of sp³-hybridized carbons (Fsp3) is 0.0500. The van der Waals surface area contributed by atoms with Crippen LogP contribution in [0.5, 0.6) is 0 Å². The summed E-state index contributed by atoms with van der Waals surface area (Å²) in [5.74, 6) is -0.0237. The van der Waals surface area contributed by atoms with E-state index in [1.807, 2.05) is 29.6 Å². The van der Waals surface area contributed by atoms with Crippen molar-refractivity contribution < 1.29 is 9.18 Å². The van der Waals surface area contributed by atoms with Crippen LogP contribution < -0.4 is 5.32 Å². The third kappa shape index (κ3) is 3.88. The molecule has 1 N–H and O–H groups in total. The van der Waals surface area contributed by atoms with Crippen molar-refractivity contribution in [1.82, 2.24) is 14.8 Å². The van der Waals surface area contributed by atoms with Crippen molar-refractivity contribution in [2.75, 3.05) is 5.32 Å². The quantitative estimate of drug-likeness (QED) is 0.439. The lowest BCUT2D eigenvalue weighted by molar-refractivity contribution is -0.114. The van der Waals surface area contributed by atoms with Crippen LogP contribution in [0.2, 0.25) is 0 Å². The normalized spacial score (nSPS) is 10.8. The highest BCUT2D eigenvalue weighted by molar-refractivity contribution is 9.10. The number of hydrogen-bond acceptors (Lipinski definition) is 4. The number of benzene rings is 2. The average molecular weight is 457 g/mol. The Balaban J connectivity index is 1.74. The molecule has 8 heteroatoms. The molecule has 0 saturated carbocycles. The fourth-order valence-electron chi connectivity index (χ4n) is 2.67. The minimum Gasteiger partial charge on any atom is -0.311 e. The van der Waals surface area contributed by atoms with Gasteiger partial charge in [-0.2, -0.15) is 9.78 Å². The first-order chi connectivity index (χ1) is 13.5. The second kappa shape index (κ2) is 7.65. The lowest BCUT2D eigenvalue weighted by Gasteiger charge is -2.03. The van der Waals surface area contributed by atoms with Gasteiger partial charge in [0.1, 0.15) is 11.6 Å². The Morgan fingerprint density at radius 3 is 2.39 bits per heavy atom. The lowest BCUT2D eigenvalue weighted by Crippen LogP contribution is -2.10. The maximum absolute atomic E-state index is 13.2. The number of hydrogen-bond donors (Lipinski definition) is 1. The predicted octanol–water partition coefficient (Wildman–Crippen LogP) is 5.52. The lowest BCUT2D eigenvalue weighted by atomic mass is 10.1. The summed E-state index contributed by atoms with van der Waals surface area (Å²) in [5, 5.41) is 9.91. The molecule has 0 unspecified atom stereocenters. The summed E-state index contributed by atoms with van der Waals surface area (Å²) in [7, 11) is 0. The molecule has 0 aliphatic rings. The minimum absolute atomic E-state index is 0.212. The molecule has 4 rings (SSSR count). The molecule has 2 heterocycles. The van der Waals surface area contributed by atoms with Crippen molar-refractivity contribution in [2.24, 2.45) is 0 Å². The van der Waals surface area contributed by atoms with Gasteiger partial charge in [-0.15, -0.1) is 11.3 Å². The molecule has 5 nitrogen and oxygen atoms in total. The van der Waals surface area contributed by atoms with E-state index < -0.39 is 0 Å². The Morgan fingerprint density at radius 2 is 1.71 bits per heavy atom. The van der Waals surface area contributed by atoms with Crippen molar-refractivity contribution in [1.29, 1.82) is 0 Å². The fourth-order valence-corrected chi connectivity index (χ4v) is 3.73. The van der Waals surface area contributed by atoms with Gasteiger partial charge in [-0.3, -0.25) is 4.79 Å². The summed E-state index contributed by atoms with van der Waals surface area (Å²) in [4.78, 5) is 16.3. The van der Waals surface area contributed by atoms with E-state index in [9.17, 15) is 9.18 Å². The Morgan fingerprint density at radius 1 is 1.07 bits per heavy atom. The molecule has 1 amide bonds. The van der Waals surface area contributed by atoms with E-state index in [0.29, 0.717) is 16.6 Å². The van der Waals surface area contributed by atoms with E-state index in [-0.39, 0.29) is 11.7 Å². The topological polar surface area (TPSA) is 59.8 Å². The Hall–Kier alpha value is -2.84. The van der Waals surface area contributed by atoms with Gasteiger partial charge in [-0.25, -0.2) is 9.37 Å². The molecule has 0 spiro atoms. The molecule has 2 aromatic carbocycles. The number of nitrogens with one attached hydrogen (secondary N) is 1. The number of amides is 1. The van der Waals surface area contributed by atoms with Crippen LogP contribution in [-0.2, 0) is 4.79 Å². The summed E-state index contributed by atoms with van der Waals surface area (Å²) in [6.45, 7) is 1.43. The predicted molar refractivity (Wildman–Crippen MR) is 112 cm³/mol. The number of nitrogens with zero attached hydrogens (tertiary/aromatic N) is 3. The summed E-state index contributed by atoms with van der Waals surface area (Å²) >= 11 is 4.85. The number of halogens is 2. The van der Waals surface area contributed by atoms with E-state index in [1.54, 1.807) is 22.9 Å². The van der Waals surface area contributed by atoms with E-state index in [0.717, 1.165) is 21.3 Å². The number of thiazole rings is 1. The molecule has 0 atom stereocenters.